The Morgan fingerprint density at radius 1 is 1.25 bits per heavy atom. The number of ketones is 2. The highest BCUT2D eigenvalue weighted by Crippen LogP contribution is 2.40. The molecule has 1 amide bonds. The van der Waals surface area contributed by atoms with Gasteiger partial charge >= 0.3 is 12.1 Å². The van der Waals surface area contributed by atoms with Gasteiger partial charge in [-0.2, -0.15) is 5.10 Å². The van der Waals surface area contributed by atoms with E-state index in [0.29, 0.717) is 8.47 Å². The van der Waals surface area contributed by atoms with E-state index in [0.717, 1.165) is 10.9 Å². The lowest BCUT2D eigenvalue weighted by Crippen LogP contribution is -2.54. The van der Waals surface area contributed by atoms with Crippen molar-refractivity contribution in [2.75, 3.05) is 13.2 Å². The molecule has 1 aromatic carbocycles. The third-order valence-corrected chi connectivity index (χ3v) is 6.35. The van der Waals surface area contributed by atoms with Gasteiger partial charge in [0.05, 0.1) is 17.5 Å². The molecule has 1 aliphatic rings. The minimum atomic E-state index is -3.07. The Kier molecular flexibility index (Phi) is 8.06. The van der Waals surface area contributed by atoms with Gasteiger partial charge in [0.25, 0.3) is 0 Å². The summed E-state index contributed by atoms with van der Waals surface area (Å²) in [4.78, 5) is 52.6. The third kappa shape index (κ3) is 5.52. The van der Waals surface area contributed by atoms with Crippen LogP contribution in [0.5, 0.6) is 0 Å². The maximum Gasteiger partial charge on any atom is 0.413 e. The number of amides is 1. The molecule has 0 aliphatic carbocycles. The van der Waals surface area contributed by atoms with Crippen LogP contribution in [0.25, 0.3) is 10.9 Å². The van der Waals surface area contributed by atoms with Crippen molar-refractivity contribution in [1.82, 2.24) is 14.7 Å². The summed E-state index contributed by atoms with van der Waals surface area (Å²) in [7, 11) is 0. The molecule has 2 aromatic rings. The molecule has 1 saturated heterocycles. The van der Waals surface area contributed by atoms with Crippen molar-refractivity contribution < 1.29 is 37.4 Å². The molecule has 3 rings (SSSR count). The van der Waals surface area contributed by atoms with E-state index in [4.69, 9.17) is 9.47 Å². The molecule has 0 spiro atoms. The van der Waals surface area contributed by atoms with Crippen LogP contribution < -0.4 is 0 Å². The predicted octanol–water partition coefficient (Wildman–Crippen LogP) is 4.36. The Labute approximate surface area is 220 Å². The highest BCUT2D eigenvalue weighted by molar-refractivity contribution is 14.1. The fraction of sp³-hybridized carbons (Fsp3) is 0.542. The van der Waals surface area contributed by atoms with Crippen molar-refractivity contribution in [3.8, 4) is 0 Å². The lowest BCUT2D eigenvalue weighted by molar-refractivity contribution is -0.158. The Morgan fingerprint density at radius 3 is 2.50 bits per heavy atom. The smallest absolute Gasteiger partial charge is 0.413 e. The fourth-order valence-corrected chi connectivity index (χ4v) is 4.67. The second-order valence-electron chi connectivity index (χ2n) is 9.52. The summed E-state index contributed by atoms with van der Waals surface area (Å²) < 4.78 is 42.9. The largest absolute Gasteiger partial charge is 0.464 e. The van der Waals surface area contributed by atoms with Gasteiger partial charge in [-0.05, 0) is 62.4 Å². The number of ether oxygens (including phenoxy) is 2. The number of carbonyl (C=O) groups is 4. The standard InChI is InChI=1S/C24H28F2IN3O6/c1-6-18(31)13-10-24(26,29(11-13)22(34)36-23(3,4)5)20(32)19(21(33)35-7-2)30-12-15-16(25)8-14(27)9-17(15)28-30/h8-9,12-13,19H,6-7,10-11H2,1-5H3/t13-,19?,24-/m1/s1. The number of carbonyl (C=O) groups excluding carboxylic acids is 4. The zero-order valence-electron chi connectivity index (χ0n) is 20.6. The molecular formula is C24H28F2IN3O6. The zero-order chi connectivity index (χ0) is 27.0. The van der Waals surface area contributed by atoms with E-state index >= 15 is 4.39 Å². The molecule has 12 heteroatoms. The molecule has 1 aliphatic heterocycles. The van der Waals surface area contributed by atoms with E-state index in [-0.39, 0.29) is 29.7 Å². The van der Waals surface area contributed by atoms with Gasteiger partial charge in [-0.25, -0.2) is 23.1 Å². The summed E-state index contributed by atoms with van der Waals surface area (Å²) >= 11 is 1.89. The van der Waals surface area contributed by atoms with Crippen molar-refractivity contribution >= 4 is 57.1 Å². The van der Waals surface area contributed by atoms with Gasteiger partial charge in [0.2, 0.25) is 17.6 Å². The topological polar surface area (TPSA) is 108 Å². The molecule has 2 heterocycles. The number of esters is 1. The van der Waals surface area contributed by atoms with Gasteiger partial charge in [0, 0.05) is 35.1 Å². The van der Waals surface area contributed by atoms with Gasteiger partial charge in [-0.1, -0.05) is 6.92 Å². The van der Waals surface area contributed by atoms with E-state index in [1.807, 2.05) is 22.6 Å². The average molecular weight is 619 g/mol. The Hall–Kier alpha value is -2.64. The maximum atomic E-state index is 16.7. The quantitative estimate of drug-likeness (QED) is 0.196. The number of aromatic nitrogens is 2. The number of Topliss-reactive ketones (excluding diaryl/α,β-unsaturated/α-hetero) is 2. The number of hydrogen-bond acceptors (Lipinski definition) is 7. The molecule has 196 valence electrons. The van der Waals surface area contributed by atoms with Crippen molar-refractivity contribution in [2.24, 2.45) is 5.92 Å². The fourth-order valence-electron chi connectivity index (χ4n) is 4.11. The predicted molar refractivity (Wildman–Crippen MR) is 133 cm³/mol. The van der Waals surface area contributed by atoms with E-state index in [1.54, 1.807) is 27.7 Å². The van der Waals surface area contributed by atoms with E-state index in [1.165, 1.54) is 19.1 Å². The number of hydrogen-bond donors (Lipinski definition) is 0. The average Bonchev–Trinajstić information content (AvgIpc) is 3.34. The first kappa shape index (κ1) is 27.9. The Balaban J connectivity index is 2.11. The molecule has 36 heavy (non-hydrogen) atoms. The molecule has 1 aromatic heterocycles. The molecule has 0 radical (unpaired) electrons. The Morgan fingerprint density at radius 2 is 1.92 bits per heavy atom. The number of benzene rings is 1. The zero-order valence-corrected chi connectivity index (χ0v) is 22.8. The van der Waals surface area contributed by atoms with Crippen LogP contribution in [0.1, 0.15) is 53.5 Å². The summed E-state index contributed by atoms with van der Waals surface area (Å²) in [6.45, 7) is 7.30. The van der Waals surface area contributed by atoms with Crippen LogP contribution in [0.3, 0.4) is 0 Å². The number of fused-ring (bicyclic) bond motifs is 1. The third-order valence-electron chi connectivity index (χ3n) is 5.72. The molecular weight excluding hydrogens is 591 g/mol. The van der Waals surface area contributed by atoms with Crippen molar-refractivity contribution in [3.05, 3.63) is 27.7 Å². The molecule has 9 nitrogen and oxygen atoms in total. The second kappa shape index (κ2) is 10.4. The van der Waals surface area contributed by atoms with Crippen molar-refractivity contribution in [1.29, 1.82) is 0 Å². The number of likely N-dealkylation sites (tertiary alicyclic amines) is 1. The van der Waals surface area contributed by atoms with Crippen LogP contribution in [0.2, 0.25) is 0 Å². The summed E-state index contributed by atoms with van der Waals surface area (Å²) in [5.74, 6) is -7.52. The van der Waals surface area contributed by atoms with Gasteiger partial charge in [-0.15, -0.1) is 0 Å². The van der Waals surface area contributed by atoms with E-state index in [9.17, 15) is 23.6 Å². The minimum absolute atomic E-state index is 0.0138. The number of halogens is 3. The van der Waals surface area contributed by atoms with Gasteiger partial charge < -0.3 is 9.47 Å². The molecule has 1 fully saturated rings. The lowest BCUT2D eigenvalue weighted by atomic mass is 9.93. The van der Waals surface area contributed by atoms with Crippen LogP contribution in [-0.4, -0.2) is 62.9 Å². The highest BCUT2D eigenvalue weighted by Gasteiger charge is 2.59. The van der Waals surface area contributed by atoms with Gasteiger partial charge in [0.1, 0.15) is 17.2 Å². The van der Waals surface area contributed by atoms with Crippen LogP contribution in [-0.2, 0) is 23.9 Å². The van der Waals surface area contributed by atoms with Crippen LogP contribution in [0.4, 0.5) is 13.6 Å². The first-order valence-electron chi connectivity index (χ1n) is 11.5. The molecule has 0 N–H and O–H groups in total. The molecule has 0 saturated carbocycles. The summed E-state index contributed by atoms with van der Waals surface area (Å²) in [6.07, 6.45) is -0.606. The summed E-state index contributed by atoms with van der Waals surface area (Å²) in [6, 6.07) is 0.806. The minimum Gasteiger partial charge on any atom is -0.464 e. The number of nitrogens with zero attached hydrogens (tertiary/aromatic N) is 3. The van der Waals surface area contributed by atoms with Gasteiger partial charge in [-0.3, -0.25) is 14.5 Å². The lowest BCUT2D eigenvalue weighted by Gasteiger charge is -2.33. The van der Waals surface area contributed by atoms with Crippen LogP contribution in [0, 0.1) is 15.3 Å². The number of alkyl halides is 1. The van der Waals surface area contributed by atoms with Gasteiger partial charge in [0.15, 0.2) is 0 Å². The highest BCUT2D eigenvalue weighted by atomic mass is 127. The van der Waals surface area contributed by atoms with E-state index in [2.05, 4.69) is 5.10 Å². The van der Waals surface area contributed by atoms with Crippen LogP contribution in [0.15, 0.2) is 18.3 Å². The monoisotopic (exact) mass is 619 g/mol. The first-order chi connectivity index (χ1) is 16.7. The Bertz CT molecular complexity index is 1210. The van der Waals surface area contributed by atoms with E-state index < -0.39 is 60.0 Å². The maximum absolute atomic E-state index is 16.7. The van der Waals surface area contributed by atoms with Crippen molar-refractivity contribution in [2.45, 2.75) is 64.9 Å². The first-order valence-corrected chi connectivity index (χ1v) is 12.6. The normalized spacial score (nSPS) is 20.9. The molecule has 0 bridgehead atoms. The van der Waals surface area contributed by atoms with Crippen LogP contribution >= 0.6 is 22.6 Å². The second-order valence-corrected chi connectivity index (χ2v) is 10.8. The molecule has 3 atom stereocenters. The SMILES string of the molecule is CCOC(=O)C(C(=O)[C@@]1(F)C[C@@H](C(=O)CC)CN1C(=O)OC(C)(C)C)n1cc2c(F)cc(I)cc2n1. The molecule has 1 unspecified atom stereocenters. The van der Waals surface area contributed by atoms with Crippen molar-refractivity contribution in [3.63, 3.8) is 0 Å². The number of rotatable bonds is 7. The summed E-state index contributed by atoms with van der Waals surface area (Å²) in [5, 5.41) is 4.16. The summed E-state index contributed by atoms with van der Waals surface area (Å²) in [5.41, 5.74) is -0.869.